The van der Waals surface area contributed by atoms with Crippen LogP contribution >= 0.6 is 0 Å². The van der Waals surface area contributed by atoms with Crippen LogP contribution in [0, 0.1) is 0 Å². The third-order valence-corrected chi connectivity index (χ3v) is 3.02. The average Bonchev–Trinajstić information content (AvgIpc) is 2.93. The zero-order chi connectivity index (χ0) is 10.5. The summed E-state index contributed by atoms with van der Waals surface area (Å²) in [7, 11) is 0. The lowest BCUT2D eigenvalue weighted by molar-refractivity contribution is -0.140. The van der Waals surface area contributed by atoms with E-state index in [2.05, 4.69) is 4.98 Å². The fourth-order valence-corrected chi connectivity index (χ4v) is 1.96. The third-order valence-electron chi connectivity index (χ3n) is 3.02. The van der Waals surface area contributed by atoms with Gasteiger partial charge in [-0.15, -0.1) is 0 Å². The quantitative estimate of drug-likeness (QED) is 0.810. The molecule has 0 atom stereocenters. The fraction of sp³-hybridized carbons (Fsp3) is 0.273. The van der Waals surface area contributed by atoms with E-state index in [0.29, 0.717) is 18.6 Å². The molecule has 76 valence electrons. The van der Waals surface area contributed by atoms with Crippen LogP contribution in [0.25, 0.3) is 11.1 Å². The summed E-state index contributed by atoms with van der Waals surface area (Å²) in [5.74, 6) is -0.769. The molecule has 2 aromatic rings. The van der Waals surface area contributed by atoms with Crippen molar-refractivity contribution in [1.29, 1.82) is 0 Å². The lowest BCUT2D eigenvalue weighted by Crippen LogP contribution is -2.18. The zero-order valence-corrected chi connectivity index (χ0v) is 7.93. The Morgan fingerprint density at radius 3 is 3.00 bits per heavy atom. The van der Waals surface area contributed by atoms with Crippen LogP contribution < -0.4 is 0 Å². The van der Waals surface area contributed by atoms with E-state index in [4.69, 9.17) is 4.42 Å². The number of hydrogen-bond acceptors (Lipinski definition) is 3. The molecule has 0 radical (unpaired) electrons. The Bertz CT molecular complexity index is 540. The molecule has 0 saturated heterocycles. The highest BCUT2D eigenvalue weighted by molar-refractivity contribution is 5.92. The topological polar surface area (TPSA) is 63.3 Å². The van der Waals surface area contributed by atoms with E-state index in [9.17, 15) is 9.90 Å². The number of nitrogens with zero attached hydrogens (tertiary/aromatic N) is 1. The van der Waals surface area contributed by atoms with Crippen LogP contribution in [0.3, 0.4) is 0 Å². The number of carboxylic acid groups (broad SMARTS) is 1. The smallest absolute Gasteiger partial charge is 0.314 e. The standard InChI is InChI=1S/C11H9NO3/c13-10(14)11(3-4-11)8-6-15-9-7(8)2-1-5-12-9/h1-2,5-6H,3-4H2,(H,13,14). The van der Waals surface area contributed by atoms with Gasteiger partial charge in [-0.1, -0.05) is 0 Å². The molecule has 0 aromatic carbocycles. The van der Waals surface area contributed by atoms with Crippen molar-refractivity contribution in [2.24, 2.45) is 0 Å². The van der Waals surface area contributed by atoms with Crippen molar-refractivity contribution in [2.45, 2.75) is 18.3 Å². The normalized spacial score (nSPS) is 17.9. The predicted molar refractivity (Wildman–Crippen MR) is 52.6 cm³/mol. The van der Waals surface area contributed by atoms with Crippen LogP contribution in [-0.2, 0) is 10.2 Å². The minimum atomic E-state index is -0.769. The van der Waals surface area contributed by atoms with Gasteiger partial charge in [0.25, 0.3) is 0 Å². The van der Waals surface area contributed by atoms with E-state index in [1.807, 2.05) is 6.07 Å². The molecule has 3 rings (SSSR count). The fourth-order valence-electron chi connectivity index (χ4n) is 1.96. The Morgan fingerprint density at radius 1 is 1.53 bits per heavy atom. The molecule has 0 amide bonds. The summed E-state index contributed by atoms with van der Waals surface area (Å²) >= 11 is 0. The van der Waals surface area contributed by atoms with Gasteiger partial charge in [0.1, 0.15) is 0 Å². The second-order valence-corrected chi connectivity index (χ2v) is 3.89. The number of furan rings is 1. The first-order chi connectivity index (χ1) is 7.24. The van der Waals surface area contributed by atoms with Crippen LogP contribution in [0.15, 0.2) is 29.0 Å². The molecule has 15 heavy (non-hydrogen) atoms. The van der Waals surface area contributed by atoms with Crippen molar-refractivity contribution in [3.63, 3.8) is 0 Å². The molecule has 1 saturated carbocycles. The van der Waals surface area contributed by atoms with E-state index in [0.717, 1.165) is 10.9 Å². The number of aromatic nitrogens is 1. The van der Waals surface area contributed by atoms with Gasteiger partial charge in [-0.2, -0.15) is 0 Å². The van der Waals surface area contributed by atoms with Crippen molar-refractivity contribution >= 4 is 17.1 Å². The van der Waals surface area contributed by atoms with Gasteiger partial charge in [0.2, 0.25) is 5.71 Å². The molecule has 1 aliphatic rings. The Labute approximate surface area is 85.5 Å². The lowest BCUT2D eigenvalue weighted by Gasteiger charge is -2.06. The average molecular weight is 203 g/mol. The maximum atomic E-state index is 11.2. The Balaban J connectivity index is 2.24. The molecule has 0 bridgehead atoms. The first-order valence-electron chi connectivity index (χ1n) is 4.80. The van der Waals surface area contributed by atoms with Crippen LogP contribution in [-0.4, -0.2) is 16.1 Å². The number of pyridine rings is 1. The van der Waals surface area contributed by atoms with Gasteiger partial charge in [0.05, 0.1) is 11.7 Å². The van der Waals surface area contributed by atoms with Gasteiger partial charge in [0.15, 0.2) is 0 Å². The molecule has 1 aliphatic carbocycles. The number of hydrogen-bond donors (Lipinski definition) is 1. The van der Waals surface area contributed by atoms with Crippen LogP contribution in [0.5, 0.6) is 0 Å². The summed E-state index contributed by atoms with van der Waals surface area (Å²) in [6.45, 7) is 0. The van der Waals surface area contributed by atoms with Gasteiger partial charge in [-0.25, -0.2) is 4.98 Å². The minimum absolute atomic E-state index is 0.514. The summed E-state index contributed by atoms with van der Waals surface area (Å²) in [5.41, 5.74) is 0.562. The van der Waals surface area contributed by atoms with E-state index < -0.39 is 11.4 Å². The van der Waals surface area contributed by atoms with Gasteiger partial charge in [-0.3, -0.25) is 4.79 Å². The van der Waals surface area contributed by atoms with Crippen LogP contribution in [0.2, 0.25) is 0 Å². The largest absolute Gasteiger partial charge is 0.481 e. The first-order valence-corrected chi connectivity index (χ1v) is 4.80. The molecule has 4 nitrogen and oxygen atoms in total. The number of carbonyl (C=O) groups is 1. The lowest BCUT2D eigenvalue weighted by atomic mass is 9.96. The van der Waals surface area contributed by atoms with E-state index >= 15 is 0 Å². The number of rotatable bonds is 2. The van der Waals surface area contributed by atoms with E-state index in [-0.39, 0.29) is 0 Å². The monoisotopic (exact) mass is 203 g/mol. The summed E-state index contributed by atoms with van der Waals surface area (Å²) in [6, 6.07) is 3.64. The maximum absolute atomic E-state index is 11.2. The highest BCUT2D eigenvalue weighted by Gasteiger charge is 2.53. The molecule has 1 fully saturated rings. The van der Waals surface area contributed by atoms with Crippen molar-refractivity contribution in [1.82, 2.24) is 4.98 Å². The molecule has 0 unspecified atom stereocenters. The van der Waals surface area contributed by atoms with Gasteiger partial charge < -0.3 is 9.52 Å². The van der Waals surface area contributed by atoms with Crippen molar-refractivity contribution in [2.75, 3.05) is 0 Å². The van der Waals surface area contributed by atoms with Crippen molar-refractivity contribution < 1.29 is 14.3 Å². The highest BCUT2D eigenvalue weighted by atomic mass is 16.4. The van der Waals surface area contributed by atoms with Gasteiger partial charge in [0, 0.05) is 17.1 Å². The van der Waals surface area contributed by atoms with Crippen molar-refractivity contribution in [3.05, 3.63) is 30.2 Å². The van der Waals surface area contributed by atoms with Gasteiger partial charge in [-0.05, 0) is 25.0 Å². The summed E-state index contributed by atoms with van der Waals surface area (Å²) in [5, 5.41) is 9.99. The van der Waals surface area contributed by atoms with Crippen LogP contribution in [0.4, 0.5) is 0 Å². The second-order valence-electron chi connectivity index (χ2n) is 3.89. The van der Waals surface area contributed by atoms with Crippen molar-refractivity contribution in [3.8, 4) is 0 Å². The molecule has 0 spiro atoms. The zero-order valence-electron chi connectivity index (χ0n) is 7.93. The molecular weight excluding hydrogens is 194 g/mol. The summed E-state index contributed by atoms with van der Waals surface area (Å²) in [6.07, 6.45) is 4.53. The highest BCUT2D eigenvalue weighted by Crippen LogP contribution is 2.50. The predicted octanol–water partition coefficient (Wildman–Crippen LogP) is 1.94. The van der Waals surface area contributed by atoms with Crippen LogP contribution in [0.1, 0.15) is 18.4 Å². The van der Waals surface area contributed by atoms with E-state index in [1.54, 1.807) is 12.3 Å². The molecule has 0 aliphatic heterocycles. The Hall–Kier alpha value is -1.84. The molecule has 2 aromatic heterocycles. The molecule has 2 heterocycles. The summed E-state index contributed by atoms with van der Waals surface area (Å²) < 4.78 is 5.25. The second kappa shape index (κ2) is 2.59. The Kier molecular flexibility index (Phi) is 1.46. The maximum Gasteiger partial charge on any atom is 0.314 e. The number of carboxylic acids is 1. The number of fused-ring (bicyclic) bond motifs is 1. The molecular formula is C11H9NO3. The van der Waals surface area contributed by atoms with E-state index in [1.165, 1.54) is 6.26 Å². The SMILES string of the molecule is O=C(O)C1(c2coc3ncccc23)CC1. The first kappa shape index (κ1) is 8.47. The van der Waals surface area contributed by atoms with Gasteiger partial charge >= 0.3 is 5.97 Å². The third kappa shape index (κ3) is 1.02. The summed E-state index contributed by atoms with van der Waals surface area (Å²) in [4.78, 5) is 15.2. The molecule has 1 N–H and O–H groups in total. The Morgan fingerprint density at radius 2 is 2.33 bits per heavy atom. The molecule has 4 heteroatoms. The number of aliphatic carboxylic acids is 1. The minimum Gasteiger partial charge on any atom is -0.481 e.